The lowest BCUT2D eigenvalue weighted by atomic mass is 9.93. The van der Waals surface area contributed by atoms with Gasteiger partial charge in [0.25, 0.3) is 0 Å². The zero-order valence-electron chi connectivity index (χ0n) is 17.8. The lowest BCUT2D eigenvalue weighted by molar-refractivity contribution is -0.143. The summed E-state index contributed by atoms with van der Waals surface area (Å²) in [6.07, 6.45) is 1.24. The molecule has 30 heavy (non-hydrogen) atoms. The molecule has 3 rings (SSSR count). The van der Waals surface area contributed by atoms with Crippen LogP contribution in [-0.4, -0.2) is 40.7 Å². The Kier molecular flexibility index (Phi) is 7.48. The number of benzene rings is 1. The van der Waals surface area contributed by atoms with E-state index in [2.05, 4.69) is 11.4 Å². The molecule has 1 unspecified atom stereocenters. The van der Waals surface area contributed by atoms with Gasteiger partial charge in [-0.3, -0.25) is 9.59 Å². The molecule has 1 aromatic heterocycles. The minimum absolute atomic E-state index is 0.0163. The predicted octanol–water partition coefficient (Wildman–Crippen LogP) is 5.81. The number of carbonyl (C=O) groups excluding carboxylic acids is 2. The van der Waals surface area contributed by atoms with E-state index in [4.69, 9.17) is 23.2 Å². The number of rotatable bonds is 6. The summed E-state index contributed by atoms with van der Waals surface area (Å²) in [6, 6.07) is 7.17. The predicted molar refractivity (Wildman–Crippen MR) is 124 cm³/mol. The molecule has 2 aromatic rings. The first-order chi connectivity index (χ1) is 14.2. The third kappa shape index (κ3) is 5.01. The van der Waals surface area contributed by atoms with Gasteiger partial charge in [0.15, 0.2) is 0 Å². The van der Waals surface area contributed by atoms with Crippen LogP contribution < -0.4 is 0 Å². The number of hydrogen-bond acceptors (Lipinski definition) is 3. The summed E-state index contributed by atoms with van der Waals surface area (Å²) in [7, 11) is 0. The van der Waals surface area contributed by atoms with Gasteiger partial charge in [-0.05, 0) is 60.9 Å². The molecule has 0 saturated carbocycles. The van der Waals surface area contributed by atoms with Crippen molar-refractivity contribution in [2.24, 2.45) is 5.92 Å². The average Bonchev–Trinajstić information content (AvgIpc) is 3.13. The average molecular weight is 467 g/mol. The first kappa shape index (κ1) is 23.1. The fourth-order valence-corrected chi connectivity index (χ4v) is 5.32. The molecule has 0 bridgehead atoms. The van der Waals surface area contributed by atoms with Gasteiger partial charge in [0, 0.05) is 33.9 Å². The minimum atomic E-state index is -0.272. The highest BCUT2D eigenvalue weighted by Crippen LogP contribution is 2.41. The molecule has 0 aliphatic carbocycles. The Morgan fingerprint density at radius 3 is 2.53 bits per heavy atom. The van der Waals surface area contributed by atoms with Gasteiger partial charge in [-0.1, -0.05) is 43.1 Å². The molecule has 0 saturated heterocycles. The highest BCUT2D eigenvalue weighted by atomic mass is 35.5. The molecule has 1 aliphatic heterocycles. The summed E-state index contributed by atoms with van der Waals surface area (Å²) >= 11 is 14.4. The Morgan fingerprint density at radius 2 is 1.90 bits per heavy atom. The zero-order valence-corrected chi connectivity index (χ0v) is 20.2. The number of thiophene rings is 1. The van der Waals surface area contributed by atoms with Gasteiger partial charge >= 0.3 is 0 Å². The highest BCUT2D eigenvalue weighted by Gasteiger charge is 2.35. The van der Waals surface area contributed by atoms with Crippen molar-refractivity contribution in [1.29, 1.82) is 0 Å². The Balaban J connectivity index is 1.92. The first-order valence-corrected chi connectivity index (χ1v) is 11.9. The van der Waals surface area contributed by atoms with Crippen molar-refractivity contribution in [3.05, 3.63) is 55.7 Å². The van der Waals surface area contributed by atoms with Gasteiger partial charge in [-0.25, -0.2) is 0 Å². The molecule has 2 heterocycles. The van der Waals surface area contributed by atoms with Crippen LogP contribution in [0.3, 0.4) is 0 Å². The molecule has 7 heteroatoms. The van der Waals surface area contributed by atoms with Crippen molar-refractivity contribution >= 4 is 46.4 Å². The molecule has 2 amide bonds. The number of halogens is 2. The van der Waals surface area contributed by atoms with Crippen LogP contribution in [0.1, 0.15) is 56.2 Å². The van der Waals surface area contributed by atoms with Crippen molar-refractivity contribution in [2.75, 3.05) is 13.1 Å². The van der Waals surface area contributed by atoms with E-state index in [9.17, 15) is 9.59 Å². The summed E-state index contributed by atoms with van der Waals surface area (Å²) in [5.41, 5.74) is 1.96. The molecule has 162 valence electrons. The standard InChI is InChI=1S/C23H28Cl2N2O2S/c1-14(2)11-21(28)27(15(3)4)13-22(29)26-9-7-20-18(8-10-30-20)23(26)17-6-5-16(24)12-19(17)25/h5-6,8,10,12,14-15,23H,7,9,11,13H2,1-4H3. The van der Waals surface area contributed by atoms with Crippen LogP contribution in [0.15, 0.2) is 29.6 Å². The topological polar surface area (TPSA) is 40.6 Å². The maximum Gasteiger partial charge on any atom is 0.243 e. The molecule has 0 spiro atoms. The van der Waals surface area contributed by atoms with E-state index >= 15 is 0 Å². The minimum Gasteiger partial charge on any atom is -0.331 e. The van der Waals surface area contributed by atoms with E-state index < -0.39 is 0 Å². The normalized spacial score (nSPS) is 16.1. The highest BCUT2D eigenvalue weighted by molar-refractivity contribution is 7.10. The van der Waals surface area contributed by atoms with E-state index in [0.717, 1.165) is 17.5 Å². The van der Waals surface area contributed by atoms with Gasteiger partial charge in [-0.2, -0.15) is 0 Å². The summed E-state index contributed by atoms with van der Waals surface area (Å²) in [5.74, 6) is 0.203. The second-order valence-electron chi connectivity index (χ2n) is 8.42. The second kappa shape index (κ2) is 9.71. The van der Waals surface area contributed by atoms with Crippen LogP contribution in [0.4, 0.5) is 0 Å². The van der Waals surface area contributed by atoms with Gasteiger partial charge in [0.1, 0.15) is 6.54 Å². The first-order valence-electron chi connectivity index (χ1n) is 10.3. The fourth-order valence-electron chi connectivity index (χ4n) is 3.91. The summed E-state index contributed by atoms with van der Waals surface area (Å²) in [5, 5.41) is 3.16. The second-order valence-corrected chi connectivity index (χ2v) is 10.3. The Hall–Kier alpha value is -1.56. The lowest BCUT2D eigenvalue weighted by Gasteiger charge is -2.38. The van der Waals surface area contributed by atoms with E-state index in [1.165, 1.54) is 4.88 Å². The molecule has 0 N–H and O–H groups in total. The third-order valence-electron chi connectivity index (χ3n) is 5.38. The molecule has 4 nitrogen and oxygen atoms in total. The molecule has 0 radical (unpaired) electrons. The Morgan fingerprint density at radius 1 is 1.17 bits per heavy atom. The van der Waals surface area contributed by atoms with Crippen molar-refractivity contribution in [3.8, 4) is 0 Å². The lowest BCUT2D eigenvalue weighted by Crippen LogP contribution is -2.48. The van der Waals surface area contributed by atoms with Crippen LogP contribution in [0.25, 0.3) is 0 Å². The van der Waals surface area contributed by atoms with Crippen LogP contribution in [0.2, 0.25) is 10.0 Å². The summed E-state index contributed by atoms with van der Waals surface area (Å²) < 4.78 is 0. The van der Waals surface area contributed by atoms with Gasteiger partial charge in [0.2, 0.25) is 11.8 Å². The zero-order chi connectivity index (χ0) is 22.0. The van der Waals surface area contributed by atoms with Gasteiger partial charge in [0.05, 0.1) is 6.04 Å². The summed E-state index contributed by atoms with van der Waals surface area (Å²) in [4.78, 5) is 31.0. The maximum absolute atomic E-state index is 13.5. The largest absolute Gasteiger partial charge is 0.331 e. The Bertz CT molecular complexity index is 926. The van der Waals surface area contributed by atoms with Crippen molar-refractivity contribution in [1.82, 2.24) is 9.80 Å². The number of amides is 2. The van der Waals surface area contributed by atoms with Gasteiger partial charge < -0.3 is 9.80 Å². The smallest absolute Gasteiger partial charge is 0.243 e. The van der Waals surface area contributed by atoms with Crippen molar-refractivity contribution in [3.63, 3.8) is 0 Å². The molecular weight excluding hydrogens is 439 g/mol. The monoisotopic (exact) mass is 466 g/mol. The molecular formula is C23H28Cl2N2O2S. The van der Waals surface area contributed by atoms with Crippen LogP contribution in [0, 0.1) is 5.92 Å². The SMILES string of the molecule is CC(C)CC(=O)N(CC(=O)N1CCc2sccc2C1c1ccc(Cl)cc1Cl)C(C)C. The number of carbonyl (C=O) groups is 2. The van der Waals surface area contributed by atoms with Crippen molar-refractivity contribution in [2.45, 2.75) is 52.6 Å². The van der Waals surface area contributed by atoms with E-state index in [1.54, 1.807) is 28.4 Å². The number of hydrogen-bond donors (Lipinski definition) is 0. The molecule has 1 aromatic carbocycles. The molecule has 1 aliphatic rings. The number of fused-ring (bicyclic) bond motifs is 1. The van der Waals surface area contributed by atoms with Crippen LogP contribution in [0.5, 0.6) is 0 Å². The van der Waals surface area contributed by atoms with E-state index in [0.29, 0.717) is 23.0 Å². The third-order valence-corrected chi connectivity index (χ3v) is 6.93. The fraction of sp³-hybridized carbons (Fsp3) is 0.478. The van der Waals surface area contributed by atoms with Gasteiger partial charge in [-0.15, -0.1) is 11.3 Å². The van der Waals surface area contributed by atoms with Crippen LogP contribution >= 0.6 is 34.5 Å². The number of nitrogens with zero attached hydrogens (tertiary/aromatic N) is 2. The molecule has 1 atom stereocenters. The van der Waals surface area contributed by atoms with Crippen LogP contribution in [-0.2, 0) is 16.0 Å². The molecule has 0 fully saturated rings. The van der Waals surface area contributed by atoms with Crippen molar-refractivity contribution < 1.29 is 9.59 Å². The van der Waals surface area contributed by atoms with E-state index in [-0.39, 0.29) is 36.4 Å². The summed E-state index contributed by atoms with van der Waals surface area (Å²) in [6.45, 7) is 8.60. The van der Waals surface area contributed by atoms with E-state index in [1.807, 2.05) is 38.7 Å². The quantitative estimate of drug-likeness (QED) is 0.538. The Labute approximate surface area is 192 Å². The maximum atomic E-state index is 13.5.